The first-order valence-corrected chi connectivity index (χ1v) is 7.98. The first kappa shape index (κ1) is 18.1. The van der Waals surface area contributed by atoms with E-state index in [0.29, 0.717) is 17.2 Å². The number of hydrogen-bond donors (Lipinski definition) is 2. The third-order valence-corrected chi connectivity index (χ3v) is 3.67. The van der Waals surface area contributed by atoms with Gasteiger partial charge in [0.15, 0.2) is 0 Å². The van der Waals surface area contributed by atoms with E-state index in [9.17, 15) is 9.18 Å². The Morgan fingerprint density at radius 3 is 2.59 bits per heavy atom. The van der Waals surface area contributed by atoms with Crippen molar-refractivity contribution in [3.63, 3.8) is 0 Å². The van der Waals surface area contributed by atoms with Gasteiger partial charge in [0.05, 0.1) is 25.6 Å². The van der Waals surface area contributed by atoms with Gasteiger partial charge in [0, 0.05) is 12.3 Å². The van der Waals surface area contributed by atoms with Crippen LogP contribution in [0.15, 0.2) is 54.7 Å². The number of amides is 1. The van der Waals surface area contributed by atoms with Crippen LogP contribution in [-0.2, 0) is 0 Å². The summed E-state index contributed by atoms with van der Waals surface area (Å²) >= 11 is 0. The van der Waals surface area contributed by atoms with Gasteiger partial charge < -0.3 is 20.1 Å². The Morgan fingerprint density at radius 2 is 1.85 bits per heavy atom. The van der Waals surface area contributed by atoms with Crippen LogP contribution in [0.25, 0.3) is 0 Å². The van der Waals surface area contributed by atoms with Crippen LogP contribution in [0.2, 0.25) is 0 Å². The Bertz CT molecular complexity index is 965. The van der Waals surface area contributed by atoms with Crippen LogP contribution < -0.4 is 20.1 Å². The van der Waals surface area contributed by atoms with Gasteiger partial charge in [-0.05, 0) is 30.3 Å². The Balaban J connectivity index is 1.80. The zero-order valence-corrected chi connectivity index (χ0v) is 14.7. The third kappa shape index (κ3) is 4.30. The minimum Gasteiger partial charge on any atom is -0.497 e. The zero-order valence-electron chi connectivity index (χ0n) is 14.7. The molecule has 0 spiro atoms. The second-order valence-corrected chi connectivity index (χ2v) is 5.39. The highest BCUT2D eigenvalue weighted by molar-refractivity contribution is 6.03. The lowest BCUT2D eigenvalue weighted by Gasteiger charge is -2.12. The van der Waals surface area contributed by atoms with Crippen molar-refractivity contribution in [2.75, 3.05) is 24.9 Å². The number of halogens is 1. The molecule has 3 rings (SSSR count). The summed E-state index contributed by atoms with van der Waals surface area (Å²) in [5.74, 6) is 0.281. The van der Waals surface area contributed by atoms with E-state index in [1.165, 1.54) is 31.5 Å². The topological polar surface area (TPSA) is 85.4 Å². The number of hydrogen-bond acceptors (Lipinski definition) is 6. The number of rotatable bonds is 6. The monoisotopic (exact) mass is 368 g/mol. The van der Waals surface area contributed by atoms with Crippen LogP contribution in [0.3, 0.4) is 0 Å². The molecule has 2 aromatic carbocycles. The lowest BCUT2D eigenvalue weighted by atomic mass is 10.2. The van der Waals surface area contributed by atoms with Gasteiger partial charge >= 0.3 is 0 Å². The van der Waals surface area contributed by atoms with Crippen LogP contribution in [0, 0.1) is 5.82 Å². The van der Waals surface area contributed by atoms with Gasteiger partial charge in [-0.3, -0.25) is 4.79 Å². The lowest BCUT2D eigenvalue weighted by Crippen LogP contribution is -2.15. The van der Waals surface area contributed by atoms with E-state index < -0.39 is 11.7 Å². The lowest BCUT2D eigenvalue weighted by molar-refractivity contribution is 0.102. The number of nitrogens with zero attached hydrogens (tertiary/aromatic N) is 2. The van der Waals surface area contributed by atoms with Crippen molar-refractivity contribution in [1.29, 1.82) is 0 Å². The Labute approximate surface area is 155 Å². The highest BCUT2D eigenvalue weighted by Crippen LogP contribution is 2.30. The summed E-state index contributed by atoms with van der Waals surface area (Å²) in [5, 5.41) is 5.47. The number of carbonyl (C=O) groups is 1. The molecule has 0 fully saturated rings. The predicted molar refractivity (Wildman–Crippen MR) is 99.2 cm³/mol. The van der Waals surface area contributed by atoms with Gasteiger partial charge in [-0.15, -0.1) is 0 Å². The van der Waals surface area contributed by atoms with Crippen LogP contribution in [0.5, 0.6) is 11.5 Å². The number of methoxy groups -OCH3 is 2. The maximum Gasteiger partial charge on any atom is 0.274 e. The molecule has 0 radical (unpaired) electrons. The van der Waals surface area contributed by atoms with E-state index in [1.807, 2.05) is 0 Å². The molecule has 0 bridgehead atoms. The number of carbonyl (C=O) groups excluding carboxylic acids is 1. The Hall–Kier alpha value is -3.68. The molecule has 2 N–H and O–H groups in total. The highest BCUT2D eigenvalue weighted by atomic mass is 19.1. The van der Waals surface area contributed by atoms with Crippen LogP contribution in [-0.4, -0.2) is 30.1 Å². The smallest absolute Gasteiger partial charge is 0.274 e. The summed E-state index contributed by atoms with van der Waals surface area (Å²) < 4.78 is 24.2. The molecular formula is C19H17FN4O3. The Kier molecular flexibility index (Phi) is 5.46. The minimum atomic E-state index is -0.549. The van der Waals surface area contributed by atoms with Gasteiger partial charge in [0.1, 0.15) is 23.0 Å². The first-order chi connectivity index (χ1) is 13.1. The number of ether oxygens (including phenoxy) is 2. The quantitative estimate of drug-likeness (QED) is 0.691. The summed E-state index contributed by atoms with van der Waals surface area (Å²) in [6, 6.07) is 12.5. The molecule has 0 aliphatic heterocycles. The van der Waals surface area contributed by atoms with Gasteiger partial charge in [0.25, 0.3) is 5.91 Å². The molecule has 0 saturated carbocycles. The average molecular weight is 368 g/mol. The van der Waals surface area contributed by atoms with Crippen molar-refractivity contribution < 1.29 is 18.7 Å². The van der Waals surface area contributed by atoms with Gasteiger partial charge in [-0.1, -0.05) is 12.1 Å². The molecule has 1 amide bonds. The average Bonchev–Trinajstić information content (AvgIpc) is 2.70. The third-order valence-electron chi connectivity index (χ3n) is 3.67. The molecule has 0 aliphatic carbocycles. The van der Waals surface area contributed by atoms with Crippen molar-refractivity contribution in [3.05, 3.63) is 66.2 Å². The molecule has 1 heterocycles. The molecule has 1 aromatic heterocycles. The molecule has 0 aliphatic rings. The number of nitrogens with one attached hydrogen (secondary N) is 2. The van der Waals surface area contributed by atoms with E-state index in [0.717, 1.165) is 0 Å². The second-order valence-electron chi connectivity index (χ2n) is 5.39. The largest absolute Gasteiger partial charge is 0.497 e. The van der Waals surface area contributed by atoms with E-state index in [2.05, 4.69) is 20.6 Å². The van der Waals surface area contributed by atoms with Gasteiger partial charge in [-0.2, -0.15) is 0 Å². The summed E-state index contributed by atoms with van der Waals surface area (Å²) in [6.45, 7) is 0. The molecule has 27 heavy (non-hydrogen) atoms. The number of para-hydroxylation sites is 1. The standard InChI is InChI=1S/C19H17FN4O3/c1-26-12-7-8-15(17(11-12)27-2)23-19-21-10-9-16(24-19)18(25)22-14-6-4-3-5-13(14)20/h3-11H,1-2H3,(H,22,25)(H,21,23,24). The second kappa shape index (κ2) is 8.13. The fourth-order valence-electron chi connectivity index (χ4n) is 2.32. The SMILES string of the molecule is COc1ccc(Nc2nccc(C(=O)Nc3ccccc3F)n2)c(OC)c1. The van der Waals surface area contributed by atoms with Crippen LogP contribution in [0.1, 0.15) is 10.5 Å². The molecule has 0 saturated heterocycles. The summed E-state index contributed by atoms with van der Waals surface area (Å²) in [5.41, 5.74) is 0.764. The molecule has 0 atom stereocenters. The van der Waals surface area contributed by atoms with Crippen molar-refractivity contribution in [2.45, 2.75) is 0 Å². The molecule has 138 valence electrons. The maximum atomic E-state index is 13.7. The van der Waals surface area contributed by atoms with E-state index in [4.69, 9.17) is 9.47 Å². The number of aromatic nitrogens is 2. The van der Waals surface area contributed by atoms with Crippen LogP contribution >= 0.6 is 0 Å². The van der Waals surface area contributed by atoms with E-state index in [1.54, 1.807) is 37.4 Å². The van der Waals surface area contributed by atoms with Crippen molar-refractivity contribution in [3.8, 4) is 11.5 Å². The number of benzene rings is 2. The van der Waals surface area contributed by atoms with E-state index >= 15 is 0 Å². The predicted octanol–water partition coefficient (Wildman–Crippen LogP) is 3.63. The van der Waals surface area contributed by atoms with Crippen molar-refractivity contribution in [2.24, 2.45) is 0 Å². The fourth-order valence-corrected chi connectivity index (χ4v) is 2.32. The summed E-state index contributed by atoms with van der Waals surface area (Å²) in [6.07, 6.45) is 1.43. The molecular weight excluding hydrogens is 351 g/mol. The number of anilines is 3. The van der Waals surface area contributed by atoms with Crippen molar-refractivity contribution in [1.82, 2.24) is 9.97 Å². The van der Waals surface area contributed by atoms with Crippen LogP contribution in [0.4, 0.5) is 21.7 Å². The fraction of sp³-hybridized carbons (Fsp3) is 0.105. The normalized spacial score (nSPS) is 10.2. The van der Waals surface area contributed by atoms with Crippen molar-refractivity contribution >= 4 is 23.2 Å². The van der Waals surface area contributed by atoms with E-state index in [-0.39, 0.29) is 17.3 Å². The summed E-state index contributed by atoms with van der Waals surface area (Å²) in [4.78, 5) is 20.6. The minimum absolute atomic E-state index is 0.0763. The summed E-state index contributed by atoms with van der Waals surface area (Å²) in [7, 11) is 3.09. The first-order valence-electron chi connectivity index (χ1n) is 7.98. The molecule has 3 aromatic rings. The Morgan fingerprint density at radius 1 is 1.04 bits per heavy atom. The highest BCUT2D eigenvalue weighted by Gasteiger charge is 2.13. The maximum absolute atomic E-state index is 13.7. The zero-order chi connectivity index (χ0) is 19.2. The molecule has 0 unspecified atom stereocenters. The molecule has 8 heteroatoms. The molecule has 7 nitrogen and oxygen atoms in total. The van der Waals surface area contributed by atoms with Gasteiger partial charge in [0.2, 0.25) is 5.95 Å². The van der Waals surface area contributed by atoms with Gasteiger partial charge in [-0.25, -0.2) is 14.4 Å².